The third-order valence-electron chi connectivity index (χ3n) is 6.52. The number of carbonyl (C=O) groups is 4. The molecule has 1 aliphatic rings. The molecular weight excluding hydrogens is 505 g/mol. The predicted octanol–water partition coefficient (Wildman–Crippen LogP) is 1.25. The number of hydrogen-bond acceptors (Lipinski definition) is 6. The Morgan fingerprint density at radius 1 is 1.05 bits per heavy atom. The summed E-state index contributed by atoms with van der Waals surface area (Å²) in [6.07, 6.45) is 1.42. The average Bonchev–Trinajstić information content (AvgIpc) is 2.95. The molecular formula is C28H34FN5O5. The summed E-state index contributed by atoms with van der Waals surface area (Å²) in [5.41, 5.74) is 2.78. The lowest BCUT2D eigenvalue weighted by atomic mass is 9.97. The fourth-order valence-electron chi connectivity index (χ4n) is 4.30. The van der Waals surface area contributed by atoms with Crippen LogP contribution in [0.4, 0.5) is 4.39 Å². The number of halogens is 1. The number of aryl methyl sites for hydroxylation is 1. The van der Waals surface area contributed by atoms with Crippen LogP contribution in [-0.2, 0) is 25.5 Å². The van der Waals surface area contributed by atoms with Gasteiger partial charge in [-0.25, -0.2) is 4.39 Å². The summed E-state index contributed by atoms with van der Waals surface area (Å²) < 4.78 is 20.0. The molecule has 1 aliphatic heterocycles. The van der Waals surface area contributed by atoms with Gasteiger partial charge in [0.1, 0.15) is 5.82 Å². The van der Waals surface area contributed by atoms with E-state index >= 15 is 0 Å². The molecule has 2 aromatic carbocycles. The van der Waals surface area contributed by atoms with Gasteiger partial charge in [-0.15, -0.1) is 0 Å². The molecule has 208 valence electrons. The molecule has 0 radical (unpaired) electrons. The second-order valence-electron chi connectivity index (χ2n) is 9.22. The molecule has 3 rings (SSSR count). The first-order chi connectivity index (χ1) is 18.8. The van der Waals surface area contributed by atoms with Gasteiger partial charge in [0, 0.05) is 51.4 Å². The summed E-state index contributed by atoms with van der Waals surface area (Å²) in [6, 6.07) is 11.9. The average molecular weight is 540 g/mol. The predicted molar refractivity (Wildman–Crippen MR) is 143 cm³/mol. The fourth-order valence-corrected chi connectivity index (χ4v) is 4.30. The van der Waals surface area contributed by atoms with Gasteiger partial charge >= 0.3 is 0 Å². The highest BCUT2D eigenvalue weighted by atomic mass is 19.1. The molecule has 0 aromatic heterocycles. The Balaban J connectivity index is 1.51. The Hall–Kier alpha value is -4.12. The molecule has 2 aromatic rings. The number of rotatable bonds is 14. The number of ether oxygens (including phenoxy) is 1. The second kappa shape index (κ2) is 14.7. The summed E-state index contributed by atoms with van der Waals surface area (Å²) in [5, 5.41) is 10.9. The number of carbonyl (C=O) groups excluding carboxylic acids is 4. The quantitative estimate of drug-likeness (QED) is 0.213. The zero-order valence-electron chi connectivity index (χ0n) is 22.0. The SMILES string of the molecule is Cc1ccccc1C(=N)Cc1ccc(F)c(C(=O)N2CCN(C(=O)CN(C=O)CCOCCNC=O)CC2)c1. The highest BCUT2D eigenvalue weighted by Gasteiger charge is 2.27. The van der Waals surface area contributed by atoms with Gasteiger partial charge in [-0.1, -0.05) is 30.3 Å². The van der Waals surface area contributed by atoms with Crippen molar-refractivity contribution in [2.45, 2.75) is 13.3 Å². The van der Waals surface area contributed by atoms with Gasteiger partial charge in [-0.05, 0) is 35.7 Å². The van der Waals surface area contributed by atoms with E-state index in [4.69, 9.17) is 10.1 Å². The van der Waals surface area contributed by atoms with E-state index in [1.807, 2.05) is 31.2 Å². The minimum atomic E-state index is -0.629. The molecule has 0 unspecified atom stereocenters. The monoisotopic (exact) mass is 539 g/mol. The van der Waals surface area contributed by atoms with Crippen LogP contribution in [-0.4, -0.2) is 104 Å². The van der Waals surface area contributed by atoms with Gasteiger partial charge in [0.05, 0.1) is 25.3 Å². The summed E-state index contributed by atoms with van der Waals surface area (Å²) in [6.45, 7) is 3.94. The van der Waals surface area contributed by atoms with Crippen molar-refractivity contribution < 1.29 is 28.3 Å². The number of benzene rings is 2. The highest BCUT2D eigenvalue weighted by molar-refractivity contribution is 6.01. The van der Waals surface area contributed by atoms with E-state index < -0.39 is 11.7 Å². The lowest BCUT2D eigenvalue weighted by Crippen LogP contribution is -2.52. The largest absolute Gasteiger partial charge is 0.378 e. The van der Waals surface area contributed by atoms with Gasteiger partial charge in [0.25, 0.3) is 5.91 Å². The van der Waals surface area contributed by atoms with Crippen molar-refractivity contribution in [3.05, 3.63) is 70.5 Å². The van der Waals surface area contributed by atoms with Gasteiger partial charge in [0.15, 0.2) is 0 Å². The van der Waals surface area contributed by atoms with Crippen molar-refractivity contribution >= 4 is 30.3 Å². The number of nitrogens with zero attached hydrogens (tertiary/aromatic N) is 3. The topological polar surface area (TPSA) is 123 Å². The van der Waals surface area contributed by atoms with Crippen LogP contribution in [0.5, 0.6) is 0 Å². The lowest BCUT2D eigenvalue weighted by molar-refractivity contribution is -0.137. The van der Waals surface area contributed by atoms with E-state index in [1.165, 1.54) is 21.9 Å². The van der Waals surface area contributed by atoms with Gasteiger partial charge in [-0.3, -0.25) is 19.2 Å². The maximum absolute atomic E-state index is 14.6. The minimum Gasteiger partial charge on any atom is -0.378 e. The second-order valence-corrected chi connectivity index (χ2v) is 9.22. The van der Waals surface area contributed by atoms with E-state index in [0.29, 0.717) is 37.2 Å². The van der Waals surface area contributed by atoms with Crippen LogP contribution in [0.1, 0.15) is 27.0 Å². The van der Waals surface area contributed by atoms with Crippen LogP contribution in [0.3, 0.4) is 0 Å². The van der Waals surface area contributed by atoms with Gasteiger partial charge < -0.3 is 30.2 Å². The van der Waals surface area contributed by atoms with E-state index in [1.54, 1.807) is 11.0 Å². The molecule has 0 spiro atoms. The van der Waals surface area contributed by atoms with Gasteiger partial charge in [-0.2, -0.15) is 0 Å². The molecule has 1 saturated heterocycles. The number of hydrogen-bond donors (Lipinski definition) is 2. The highest BCUT2D eigenvalue weighted by Crippen LogP contribution is 2.18. The van der Waals surface area contributed by atoms with Crippen LogP contribution in [0.15, 0.2) is 42.5 Å². The van der Waals surface area contributed by atoms with E-state index in [0.717, 1.165) is 11.1 Å². The maximum atomic E-state index is 14.6. The first kappa shape index (κ1) is 29.4. The third-order valence-corrected chi connectivity index (χ3v) is 6.52. The van der Waals surface area contributed by atoms with E-state index in [9.17, 15) is 23.6 Å². The van der Waals surface area contributed by atoms with Crippen LogP contribution in [0, 0.1) is 18.2 Å². The first-order valence-electron chi connectivity index (χ1n) is 12.8. The van der Waals surface area contributed by atoms with Crippen LogP contribution >= 0.6 is 0 Å². The molecule has 0 atom stereocenters. The number of nitrogens with one attached hydrogen (secondary N) is 2. The Labute approximate surface area is 227 Å². The Kier molecular flexibility index (Phi) is 11.1. The smallest absolute Gasteiger partial charge is 0.256 e. The molecule has 0 bridgehead atoms. The lowest BCUT2D eigenvalue weighted by Gasteiger charge is -2.35. The summed E-state index contributed by atoms with van der Waals surface area (Å²) in [5.74, 6) is -1.34. The fraction of sp³-hybridized carbons (Fsp3) is 0.393. The Morgan fingerprint density at radius 3 is 2.46 bits per heavy atom. The van der Waals surface area contributed by atoms with Crippen molar-refractivity contribution in [1.82, 2.24) is 20.0 Å². The molecule has 2 N–H and O–H groups in total. The minimum absolute atomic E-state index is 0.0552. The van der Waals surface area contributed by atoms with Crippen molar-refractivity contribution in [3.8, 4) is 0 Å². The Morgan fingerprint density at radius 2 is 1.77 bits per heavy atom. The summed E-state index contributed by atoms with van der Waals surface area (Å²) >= 11 is 0. The van der Waals surface area contributed by atoms with Crippen molar-refractivity contribution in [1.29, 1.82) is 5.41 Å². The van der Waals surface area contributed by atoms with Crippen LogP contribution < -0.4 is 5.32 Å². The molecule has 1 fully saturated rings. The molecule has 10 nitrogen and oxygen atoms in total. The zero-order valence-corrected chi connectivity index (χ0v) is 22.0. The normalized spacial score (nSPS) is 13.1. The maximum Gasteiger partial charge on any atom is 0.256 e. The molecule has 0 aliphatic carbocycles. The van der Waals surface area contributed by atoms with Crippen molar-refractivity contribution in [2.75, 3.05) is 59.0 Å². The first-order valence-corrected chi connectivity index (χ1v) is 12.8. The summed E-state index contributed by atoms with van der Waals surface area (Å²) in [4.78, 5) is 51.8. The van der Waals surface area contributed by atoms with E-state index in [2.05, 4.69) is 5.32 Å². The molecule has 39 heavy (non-hydrogen) atoms. The molecule has 11 heteroatoms. The van der Waals surface area contributed by atoms with Crippen LogP contribution in [0.25, 0.3) is 0 Å². The summed E-state index contributed by atoms with van der Waals surface area (Å²) in [7, 11) is 0. The molecule has 1 heterocycles. The standard InChI is InChI=1S/C28H34FN5O5/c1-21-4-2-3-5-23(21)26(30)17-22-6-7-25(29)24(16-22)28(38)34-11-9-33(10-12-34)27(37)18-32(20-36)13-15-39-14-8-31-19-35/h2-7,16,19-20,30H,8-15,17-18H2,1H3,(H,31,35). The third kappa shape index (κ3) is 8.44. The number of piperazine rings is 1. The molecule has 0 saturated carbocycles. The van der Waals surface area contributed by atoms with Crippen molar-refractivity contribution in [3.63, 3.8) is 0 Å². The number of amides is 4. The van der Waals surface area contributed by atoms with Gasteiger partial charge in [0.2, 0.25) is 18.7 Å². The van der Waals surface area contributed by atoms with Crippen molar-refractivity contribution in [2.24, 2.45) is 0 Å². The molecule has 4 amide bonds. The Bertz CT molecular complexity index is 1180. The van der Waals surface area contributed by atoms with Crippen LogP contribution in [0.2, 0.25) is 0 Å². The zero-order chi connectivity index (χ0) is 28.2. The van der Waals surface area contributed by atoms with E-state index in [-0.39, 0.29) is 63.8 Å².